The number of carbonyl (C=O) groups excluding carboxylic acids is 1. The van der Waals surface area contributed by atoms with Gasteiger partial charge in [-0.1, -0.05) is 19.1 Å². The molecule has 1 saturated heterocycles. The van der Waals surface area contributed by atoms with E-state index in [1.54, 1.807) is 13.3 Å². The molecule has 2 heterocycles. The van der Waals surface area contributed by atoms with Crippen molar-refractivity contribution in [3.8, 4) is 5.75 Å². The highest BCUT2D eigenvalue weighted by Crippen LogP contribution is 2.27. The Hall–Kier alpha value is -2.05. The quantitative estimate of drug-likeness (QED) is 0.868. The van der Waals surface area contributed by atoms with Crippen LogP contribution < -0.4 is 10.1 Å². The Bertz CT molecular complexity index is 734. The number of aromatic nitrogens is 2. The van der Waals surface area contributed by atoms with E-state index in [0.717, 1.165) is 30.2 Å². The fourth-order valence-corrected chi connectivity index (χ4v) is 3.38. The summed E-state index contributed by atoms with van der Waals surface area (Å²) >= 11 is 0. The van der Waals surface area contributed by atoms with E-state index in [0.29, 0.717) is 13.0 Å². The molecule has 6 nitrogen and oxygen atoms in total. The van der Waals surface area contributed by atoms with Crippen molar-refractivity contribution in [2.24, 2.45) is 7.05 Å². The molecule has 142 valence electrons. The van der Waals surface area contributed by atoms with Gasteiger partial charge in [0, 0.05) is 45.5 Å². The van der Waals surface area contributed by atoms with Crippen LogP contribution in [0.5, 0.6) is 5.75 Å². The van der Waals surface area contributed by atoms with Crippen molar-refractivity contribution < 1.29 is 9.53 Å². The molecule has 0 spiro atoms. The highest BCUT2D eigenvalue weighted by atomic mass is 35.5. The van der Waals surface area contributed by atoms with Crippen LogP contribution in [0.4, 0.5) is 0 Å². The summed E-state index contributed by atoms with van der Waals surface area (Å²) in [5, 5.41) is 3.37. The fraction of sp³-hybridized carbons (Fsp3) is 0.474. The van der Waals surface area contributed by atoms with Gasteiger partial charge in [0.15, 0.2) is 0 Å². The Kier molecular flexibility index (Phi) is 7.06. The molecule has 3 rings (SSSR count). The summed E-state index contributed by atoms with van der Waals surface area (Å²) in [7, 11) is 3.63. The molecule has 7 heteroatoms. The number of imidazole rings is 1. The van der Waals surface area contributed by atoms with Crippen molar-refractivity contribution in [1.29, 1.82) is 0 Å². The number of aryl methyl sites for hydroxylation is 1. The number of hydrogen-bond donors (Lipinski definition) is 1. The molecule has 0 bridgehead atoms. The number of halogens is 1. The summed E-state index contributed by atoms with van der Waals surface area (Å²) in [4.78, 5) is 19.4. The van der Waals surface area contributed by atoms with Crippen molar-refractivity contribution >= 4 is 18.3 Å². The lowest BCUT2D eigenvalue weighted by atomic mass is 9.96. The molecule has 1 aliphatic heterocycles. The van der Waals surface area contributed by atoms with Crippen LogP contribution in [0.2, 0.25) is 0 Å². The van der Waals surface area contributed by atoms with Crippen LogP contribution in [0.15, 0.2) is 36.7 Å². The van der Waals surface area contributed by atoms with E-state index in [-0.39, 0.29) is 30.3 Å². The lowest BCUT2D eigenvalue weighted by molar-refractivity contribution is -0.135. The van der Waals surface area contributed by atoms with E-state index in [1.165, 1.54) is 0 Å². The Morgan fingerprint density at radius 2 is 2.27 bits per heavy atom. The number of hydrogen-bond acceptors (Lipinski definition) is 4. The smallest absolute Gasteiger partial charge is 0.223 e. The van der Waals surface area contributed by atoms with Crippen LogP contribution in [0.1, 0.15) is 36.7 Å². The Labute approximate surface area is 161 Å². The minimum atomic E-state index is -0.0150. The number of carbonyl (C=O) groups is 1. The number of piperazine rings is 1. The molecule has 0 radical (unpaired) electrons. The van der Waals surface area contributed by atoms with Gasteiger partial charge in [0.1, 0.15) is 17.6 Å². The number of ether oxygens (including phenoxy) is 1. The average molecular weight is 379 g/mol. The van der Waals surface area contributed by atoms with Gasteiger partial charge in [-0.15, -0.1) is 12.4 Å². The predicted molar refractivity (Wildman–Crippen MR) is 104 cm³/mol. The standard InChI is InChI=1S/C19H26N4O2.ClH/c1-14(15-5-4-6-16(12-15)25-3)11-18(24)23-10-7-20-13-17(23)19-21-8-9-22(19)2;/h4-6,8-9,12,14,17,20H,7,10-11,13H2,1-3H3;1H. The molecule has 1 aromatic carbocycles. The molecule has 1 aliphatic rings. The van der Waals surface area contributed by atoms with Crippen molar-refractivity contribution in [3.63, 3.8) is 0 Å². The highest BCUT2D eigenvalue weighted by molar-refractivity contribution is 5.85. The summed E-state index contributed by atoms with van der Waals surface area (Å²) in [5.41, 5.74) is 1.12. The van der Waals surface area contributed by atoms with Gasteiger partial charge in [-0.2, -0.15) is 0 Å². The first kappa shape index (κ1) is 20.3. The third-order valence-corrected chi connectivity index (χ3v) is 4.86. The molecule has 1 aromatic heterocycles. The predicted octanol–water partition coefficient (Wildman–Crippen LogP) is 2.52. The SMILES string of the molecule is COc1cccc(C(C)CC(=O)N2CCNCC2c2nccn2C)c1.Cl. The van der Waals surface area contributed by atoms with Crippen LogP contribution in [0, 0.1) is 0 Å². The van der Waals surface area contributed by atoms with Gasteiger partial charge < -0.3 is 19.5 Å². The van der Waals surface area contributed by atoms with Crippen molar-refractivity contribution in [2.45, 2.75) is 25.3 Å². The molecule has 0 saturated carbocycles. The van der Waals surface area contributed by atoms with Crippen LogP contribution in [0.25, 0.3) is 0 Å². The first-order valence-corrected chi connectivity index (χ1v) is 8.71. The van der Waals surface area contributed by atoms with Gasteiger partial charge in [-0.3, -0.25) is 4.79 Å². The maximum Gasteiger partial charge on any atom is 0.223 e. The Balaban J connectivity index is 0.00000243. The summed E-state index contributed by atoms with van der Waals surface area (Å²) in [6.45, 7) is 4.36. The maximum atomic E-state index is 13.0. The zero-order valence-corrected chi connectivity index (χ0v) is 16.3. The summed E-state index contributed by atoms with van der Waals surface area (Å²) < 4.78 is 7.28. The van der Waals surface area contributed by atoms with Gasteiger partial charge >= 0.3 is 0 Å². The largest absolute Gasteiger partial charge is 0.497 e. The zero-order chi connectivity index (χ0) is 17.8. The Morgan fingerprint density at radius 3 is 2.96 bits per heavy atom. The van der Waals surface area contributed by atoms with E-state index in [1.807, 2.05) is 40.9 Å². The molecular weight excluding hydrogens is 352 g/mol. The molecule has 2 atom stereocenters. The van der Waals surface area contributed by atoms with E-state index in [9.17, 15) is 4.79 Å². The summed E-state index contributed by atoms with van der Waals surface area (Å²) in [5.74, 6) is 2.06. The first-order valence-electron chi connectivity index (χ1n) is 8.71. The molecule has 2 unspecified atom stereocenters. The highest BCUT2D eigenvalue weighted by Gasteiger charge is 2.31. The maximum absolute atomic E-state index is 13.0. The minimum Gasteiger partial charge on any atom is -0.497 e. The monoisotopic (exact) mass is 378 g/mol. The van der Waals surface area contributed by atoms with Gasteiger partial charge in [0.25, 0.3) is 0 Å². The second-order valence-electron chi connectivity index (χ2n) is 6.59. The van der Waals surface area contributed by atoms with Gasteiger partial charge in [0.2, 0.25) is 5.91 Å². The minimum absolute atomic E-state index is 0. The molecule has 2 aromatic rings. The lowest BCUT2D eigenvalue weighted by Crippen LogP contribution is -2.49. The molecular formula is C19H27ClN4O2. The molecule has 26 heavy (non-hydrogen) atoms. The lowest BCUT2D eigenvalue weighted by Gasteiger charge is -2.36. The number of methoxy groups -OCH3 is 1. The average Bonchev–Trinajstić information content (AvgIpc) is 3.07. The van der Waals surface area contributed by atoms with Crippen LogP contribution >= 0.6 is 12.4 Å². The summed E-state index contributed by atoms with van der Waals surface area (Å²) in [6.07, 6.45) is 4.19. The van der Waals surface area contributed by atoms with Crippen LogP contribution in [-0.4, -0.2) is 47.1 Å². The van der Waals surface area contributed by atoms with Gasteiger partial charge in [0.05, 0.1) is 7.11 Å². The number of nitrogens with one attached hydrogen (secondary N) is 1. The van der Waals surface area contributed by atoms with Crippen molar-refractivity contribution in [1.82, 2.24) is 19.8 Å². The zero-order valence-electron chi connectivity index (χ0n) is 15.5. The second kappa shape index (κ2) is 9.05. The number of amides is 1. The number of benzene rings is 1. The van der Waals surface area contributed by atoms with Crippen molar-refractivity contribution in [3.05, 3.63) is 48.0 Å². The van der Waals surface area contributed by atoms with Crippen LogP contribution in [-0.2, 0) is 11.8 Å². The molecule has 1 N–H and O–H groups in total. The third-order valence-electron chi connectivity index (χ3n) is 4.86. The van der Waals surface area contributed by atoms with Crippen LogP contribution in [0.3, 0.4) is 0 Å². The normalized spacial score (nSPS) is 18.1. The van der Waals surface area contributed by atoms with E-state index in [4.69, 9.17) is 4.74 Å². The Morgan fingerprint density at radius 1 is 1.46 bits per heavy atom. The number of rotatable bonds is 5. The molecule has 1 fully saturated rings. The van der Waals surface area contributed by atoms with E-state index in [2.05, 4.69) is 23.3 Å². The second-order valence-corrected chi connectivity index (χ2v) is 6.59. The number of nitrogens with zero attached hydrogens (tertiary/aromatic N) is 3. The van der Waals surface area contributed by atoms with Gasteiger partial charge in [-0.05, 0) is 23.6 Å². The fourth-order valence-electron chi connectivity index (χ4n) is 3.38. The van der Waals surface area contributed by atoms with E-state index >= 15 is 0 Å². The van der Waals surface area contributed by atoms with Gasteiger partial charge in [-0.25, -0.2) is 4.98 Å². The topological polar surface area (TPSA) is 59.4 Å². The summed E-state index contributed by atoms with van der Waals surface area (Å²) in [6, 6.07) is 7.93. The van der Waals surface area contributed by atoms with E-state index < -0.39 is 0 Å². The first-order chi connectivity index (χ1) is 12.1. The molecule has 0 aliphatic carbocycles. The molecule has 1 amide bonds. The van der Waals surface area contributed by atoms with Crippen molar-refractivity contribution in [2.75, 3.05) is 26.7 Å². The third kappa shape index (κ3) is 4.37.